The Morgan fingerprint density at radius 1 is 1.60 bits per heavy atom. The van der Waals surface area contributed by atoms with Gasteiger partial charge in [-0.1, -0.05) is 0 Å². The van der Waals surface area contributed by atoms with Crippen LogP contribution < -0.4 is 11.1 Å². The van der Waals surface area contributed by atoms with Gasteiger partial charge in [0.05, 0.1) is 12.0 Å². The number of hydrogen-bond acceptors (Lipinski definition) is 3. The summed E-state index contributed by atoms with van der Waals surface area (Å²) in [6.07, 6.45) is 3.46. The lowest BCUT2D eigenvalue weighted by molar-refractivity contribution is -0.124. The molecule has 2 aliphatic carbocycles. The number of nitrogens with one attached hydrogen (secondary N) is 1. The lowest BCUT2D eigenvalue weighted by Crippen LogP contribution is -2.42. The van der Waals surface area contributed by atoms with Crippen molar-refractivity contribution in [3.8, 4) is 0 Å². The summed E-state index contributed by atoms with van der Waals surface area (Å²) in [5, 5.41) is 3.04. The molecule has 2 rings (SSSR count). The van der Waals surface area contributed by atoms with E-state index in [1.54, 1.807) is 0 Å². The summed E-state index contributed by atoms with van der Waals surface area (Å²) < 4.78 is 5.39. The van der Waals surface area contributed by atoms with Crippen LogP contribution >= 0.6 is 0 Å². The van der Waals surface area contributed by atoms with Crippen molar-refractivity contribution in [3.05, 3.63) is 0 Å². The van der Waals surface area contributed by atoms with Gasteiger partial charge in [-0.15, -0.1) is 0 Å². The topological polar surface area (TPSA) is 64.3 Å². The van der Waals surface area contributed by atoms with Crippen molar-refractivity contribution in [2.45, 2.75) is 38.3 Å². The fourth-order valence-electron chi connectivity index (χ4n) is 2.00. The standard InChI is InChI=1S/C11H20N2O2/c1-2-15-10-5-8(10)11(14)13-9(6-12)7-3-4-7/h7-10H,2-6,12H2,1H3,(H,13,14). The smallest absolute Gasteiger partial charge is 0.226 e. The van der Waals surface area contributed by atoms with E-state index in [1.165, 1.54) is 12.8 Å². The summed E-state index contributed by atoms with van der Waals surface area (Å²) in [7, 11) is 0. The number of carbonyl (C=O) groups is 1. The van der Waals surface area contributed by atoms with Crippen LogP contribution in [0, 0.1) is 11.8 Å². The molecule has 0 radical (unpaired) electrons. The number of amides is 1. The Balaban J connectivity index is 1.72. The molecule has 2 fully saturated rings. The molecule has 0 aromatic carbocycles. The number of rotatable bonds is 6. The van der Waals surface area contributed by atoms with E-state index in [1.807, 2.05) is 6.92 Å². The molecule has 15 heavy (non-hydrogen) atoms. The first-order valence-electron chi connectivity index (χ1n) is 5.88. The fourth-order valence-corrected chi connectivity index (χ4v) is 2.00. The largest absolute Gasteiger partial charge is 0.378 e. The quantitative estimate of drug-likeness (QED) is 0.664. The van der Waals surface area contributed by atoms with Gasteiger partial charge in [0.1, 0.15) is 0 Å². The maximum absolute atomic E-state index is 11.7. The van der Waals surface area contributed by atoms with Gasteiger partial charge in [-0.25, -0.2) is 0 Å². The van der Waals surface area contributed by atoms with Crippen molar-refractivity contribution >= 4 is 5.91 Å². The van der Waals surface area contributed by atoms with Crippen molar-refractivity contribution in [3.63, 3.8) is 0 Å². The number of hydrogen-bond donors (Lipinski definition) is 2. The zero-order valence-corrected chi connectivity index (χ0v) is 9.24. The molecule has 0 spiro atoms. The molecule has 4 nitrogen and oxygen atoms in total. The van der Waals surface area contributed by atoms with E-state index < -0.39 is 0 Å². The first-order valence-corrected chi connectivity index (χ1v) is 5.88. The lowest BCUT2D eigenvalue weighted by Gasteiger charge is -2.15. The van der Waals surface area contributed by atoms with E-state index in [4.69, 9.17) is 10.5 Å². The van der Waals surface area contributed by atoms with Gasteiger partial charge in [0, 0.05) is 19.2 Å². The van der Waals surface area contributed by atoms with Gasteiger partial charge < -0.3 is 15.8 Å². The molecule has 0 aromatic heterocycles. The van der Waals surface area contributed by atoms with E-state index >= 15 is 0 Å². The second-order valence-corrected chi connectivity index (χ2v) is 4.52. The molecule has 2 saturated carbocycles. The predicted octanol–water partition coefficient (Wildman–Crippen LogP) is 0.265. The van der Waals surface area contributed by atoms with Crippen molar-refractivity contribution in [1.82, 2.24) is 5.32 Å². The van der Waals surface area contributed by atoms with Crippen LogP contribution in [-0.4, -0.2) is 31.2 Å². The second kappa shape index (κ2) is 4.49. The zero-order valence-electron chi connectivity index (χ0n) is 9.24. The SMILES string of the molecule is CCOC1CC1C(=O)NC(CN)C1CC1. The maximum atomic E-state index is 11.7. The monoisotopic (exact) mass is 212 g/mol. The third-order valence-electron chi connectivity index (χ3n) is 3.22. The third kappa shape index (κ3) is 2.69. The predicted molar refractivity (Wildman–Crippen MR) is 57.2 cm³/mol. The Morgan fingerprint density at radius 2 is 2.33 bits per heavy atom. The van der Waals surface area contributed by atoms with Gasteiger partial charge in [-0.3, -0.25) is 4.79 Å². The Morgan fingerprint density at radius 3 is 2.87 bits per heavy atom. The molecular weight excluding hydrogens is 192 g/mol. The lowest BCUT2D eigenvalue weighted by atomic mass is 10.2. The van der Waals surface area contributed by atoms with Gasteiger partial charge in [-0.2, -0.15) is 0 Å². The highest BCUT2D eigenvalue weighted by Crippen LogP contribution is 2.36. The van der Waals surface area contributed by atoms with E-state index in [9.17, 15) is 4.79 Å². The van der Waals surface area contributed by atoms with Crippen molar-refractivity contribution in [1.29, 1.82) is 0 Å². The molecule has 3 atom stereocenters. The summed E-state index contributed by atoms with van der Waals surface area (Å²) in [6.45, 7) is 3.21. The van der Waals surface area contributed by atoms with Gasteiger partial charge >= 0.3 is 0 Å². The van der Waals surface area contributed by atoms with E-state index in [2.05, 4.69) is 5.32 Å². The summed E-state index contributed by atoms with van der Waals surface area (Å²) >= 11 is 0. The van der Waals surface area contributed by atoms with Crippen LogP contribution in [-0.2, 0) is 9.53 Å². The molecule has 0 bridgehead atoms. The molecule has 2 aliphatic rings. The van der Waals surface area contributed by atoms with Crippen molar-refractivity contribution < 1.29 is 9.53 Å². The molecule has 1 amide bonds. The second-order valence-electron chi connectivity index (χ2n) is 4.52. The summed E-state index contributed by atoms with van der Waals surface area (Å²) in [4.78, 5) is 11.7. The Hall–Kier alpha value is -0.610. The minimum Gasteiger partial charge on any atom is -0.378 e. The van der Waals surface area contributed by atoms with Crippen LogP contribution in [0.2, 0.25) is 0 Å². The molecule has 0 heterocycles. The first-order chi connectivity index (χ1) is 7.26. The normalized spacial score (nSPS) is 31.1. The van der Waals surface area contributed by atoms with Crippen LogP contribution in [0.25, 0.3) is 0 Å². The molecule has 0 saturated heterocycles. The maximum Gasteiger partial charge on any atom is 0.226 e. The van der Waals surface area contributed by atoms with Crippen LogP contribution in [0.5, 0.6) is 0 Å². The zero-order chi connectivity index (χ0) is 10.8. The van der Waals surface area contributed by atoms with Crippen LogP contribution in [0.15, 0.2) is 0 Å². The van der Waals surface area contributed by atoms with Gasteiger partial charge in [0.25, 0.3) is 0 Å². The highest BCUT2D eigenvalue weighted by atomic mass is 16.5. The molecule has 0 aromatic rings. The molecule has 86 valence electrons. The van der Waals surface area contributed by atoms with Gasteiger partial charge in [-0.05, 0) is 32.1 Å². The van der Waals surface area contributed by atoms with E-state index in [0.717, 1.165) is 6.42 Å². The van der Waals surface area contributed by atoms with Gasteiger partial charge in [0.2, 0.25) is 5.91 Å². The number of ether oxygens (including phenoxy) is 1. The Bertz CT molecular complexity index is 241. The van der Waals surface area contributed by atoms with Crippen molar-refractivity contribution in [2.24, 2.45) is 17.6 Å². The average molecular weight is 212 g/mol. The summed E-state index contributed by atoms with van der Waals surface area (Å²) in [5.74, 6) is 0.844. The highest BCUT2D eigenvalue weighted by molar-refractivity contribution is 5.82. The van der Waals surface area contributed by atoms with E-state index in [0.29, 0.717) is 19.1 Å². The third-order valence-corrected chi connectivity index (χ3v) is 3.22. The Kier molecular flexibility index (Phi) is 3.26. The van der Waals surface area contributed by atoms with Crippen LogP contribution in [0.3, 0.4) is 0 Å². The Labute approximate surface area is 90.5 Å². The summed E-state index contributed by atoms with van der Waals surface area (Å²) in [6, 6.07) is 0.195. The molecular formula is C11H20N2O2. The average Bonchev–Trinajstić information content (AvgIpc) is 3.06. The van der Waals surface area contributed by atoms with E-state index in [-0.39, 0.29) is 24.0 Å². The summed E-state index contributed by atoms with van der Waals surface area (Å²) in [5.41, 5.74) is 5.63. The van der Waals surface area contributed by atoms with Crippen molar-refractivity contribution in [2.75, 3.05) is 13.2 Å². The van der Waals surface area contributed by atoms with Gasteiger partial charge in [0.15, 0.2) is 0 Å². The fraction of sp³-hybridized carbons (Fsp3) is 0.909. The number of carbonyl (C=O) groups excluding carboxylic acids is 1. The molecule has 3 N–H and O–H groups in total. The molecule has 4 heteroatoms. The van der Waals surface area contributed by atoms with Crippen LogP contribution in [0.1, 0.15) is 26.2 Å². The molecule has 0 aliphatic heterocycles. The minimum absolute atomic E-state index is 0.0813. The first kappa shape index (κ1) is 10.9. The number of nitrogens with two attached hydrogens (primary N) is 1. The molecule has 3 unspecified atom stereocenters. The highest BCUT2D eigenvalue weighted by Gasteiger charge is 2.45. The minimum atomic E-state index is 0.0813. The van der Waals surface area contributed by atoms with Crippen LogP contribution in [0.4, 0.5) is 0 Å².